The number of thiophene rings is 1. The van der Waals surface area contributed by atoms with Crippen molar-refractivity contribution in [3.05, 3.63) is 193 Å². The van der Waals surface area contributed by atoms with Crippen LogP contribution < -0.4 is 9.80 Å². The van der Waals surface area contributed by atoms with Crippen LogP contribution in [-0.4, -0.2) is 0 Å². The molecule has 0 radical (unpaired) electrons. The lowest BCUT2D eigenvalue weighted by Gasteiger charge is -2.29. The quantitative estimate of drug-likeness (QED) is 0.170. The Morgan fingerprint density at radius 1 is 0.455 bits per heavy atom. The summed E-state index contributed by atoms with van der Waals surface area (Å²) in [6.07, 6.45) is 0. The molecule has 0 aliphatic heterocycles. The third-order valence-electron chi connectivity index (χ3n) is 11.4. The molecule has 0 saturated heterocycles. The van der Waals surface area contributed by atoms with Crippen LogP contribution in [-0.2, 0) is 5.41 Å². The van der Waals surface area contributed by atoms with Gasteiger partial charge in [-0.15, -0.1) is 11.3 Å². The van der Waals surface area contributed by atoms with Crippen molar-refractivity contribution in [2.45, 2.75) is 19.3 Å². The van der Waals surface area contributed by atoms with Crippen LogP contribution in [0.15, 0.2) is 186 Å². The highest BCUT2D eigenvalue weighted by Gasteiger charge is 2.40. The predicted molar refractivity (Wildman–Crippen MR) is 234 cm³/mol. The third kappa shape index (κ3) is 4.88. The standard InChI is InChI=1S/C51H36N2OS/c1-51(2)43-29-37(52(33-17-7-3-8-18-33)34-19-9-4-10-20-34)27-28-38(43)41-30-44(53(35-21-11-5-12-22-35)36-23-13-6-14-24-36)50-48(49(41)51)42-31-46-40(32-47(42)55-50)39-25-15-16-26-45(39)54-46/h3-32H,1-2H3. The Kier molecular flexibility index (Phi) is 7.07. The molecule has 8 aromatic carbocycles. The predicted octanol–water partition coefficient (Wildman–Crippen LogP) is 15.2. The van der Waals surface area contributed by atoms with Gasteiger partial charge < -0.3 is 14.2 Å². The Hall–Kier alpha value is -6.62. The molecule has 0 bridgehead atoms. The number of benzene rings is 8. The van der Waals surface area contributed by atoms with Gasteiger partial charge >= 0.3 is 0 Å². The van der Waals surface area contributed by atoms with Gasteiger partial charge in [-0.25, -0.2) is 0 Å². The molecule has 262 valence electrons. The topological polar surface area (TPSA) is 19.6 Å². The Balaban J connectivity index is 1.22. The van der Waals surface area contributed by atoms with Crippen molar-refractivity contribution in [2.24, 2.45) is 0 Å². The average molecular weight is 725 g/mol. The first-order chi connectivity index (χ1) is 27.0. The summed E-state index contributed by atoms with van der Waals surface area (Å²) in [5.74, 6) is 0. The normalized spacial score (nSPS) is 13.1. The van der Waals surface area contributed by atoms with Crippen molar-refractivity contribution in [1.29, 1.82) is 0 Å². The van der Waals surface area contributed by atoms with Gasteiger partial charge in [-0.2, -0.15) is 0 Å². The smallest absolute Gasteiger partial charge is 0.136 e. The monoisotopic (exact) mass is 724 g/mol. The molecule has 0 saturated carbocycles. The Morgan fingerprint density at radius 3 is 1.64 bits per heavy atom. The summed E-state index contributed by atoms with van der Waals surface area (Å²) in [6.45, 7) is 4.82. The largest absolute Gasteiger partial charge is 0.456 e. The molecule has 0 amide bonds. The summed E-state index contributed by atoms with van der Waals surface area (Å²) in [7, 11) is 0. The first-order valence-electron chi connectivity index (χ1n) is 18.8. The third-order valence-corrected chi connectivity index (χ3v) is 12.5. The zero-order valence-electron chi connectivity index (χ0n) is 30.5. The fraction of sp³-hybridized carbons (Fsp3) is 0.0588. The molecule has 0 N–H and O–H groups in total. The summed E-state index contributed by atoms with van der Waals surface area (Å²) < 4.78 is 9.08. The maximum absolute atomic E-state index is 6.54. The first-order valence-corrected chi connectivity index (χ1v) is 19.7. The van der Waals surface area contributed by atoms with E-state index in [1.54, 1.807) is 0 Å². The van der Waals surface area contributed by atoms with E-state index < -0.39 is 0 Å². The van der Waals surface area contributed by atoms with E-state index in [1.807, 2.05) is 17.4 Å². The molecule has 55 heavy (non-hydrogen) atoms. The minimum atomic E-state index is -0.294. The van der Waals surface area contributed by atoms with Crippen LogP contribution in [0.4, 0.5) is 34.1 Å². The van der Waals surface area contributed by atoms with E-state index in [0.717, 1.165) is 50.4 Å². The second-order valence-electron chi connectivity index (χ2n) is 14.9. The highest BCUT2D eigenvalue weighted by atomic mass is 32.1. The molecular weight excluding hydrogens is 689 g/mol. The maximum atomic E-state index is 6.54. The Bertz CT molecular complexity index is 2980. The van der Waals surface area contributed by atoms with Crippen molar-refractivity contribution in [2.75, 3.05) is 9.80 Å². The lowest BCUT2D eigenvalue weighted by Crippen LogP contribution is -2.17. The fourth-order valence-electron chi connectivity index (χ4n) is 8.92. The van der Waals surface area contributed by atoms with Crippen molar-refractivity contribution < 1.29 is 4.42 Å². The molecule has 2 aromatic heterocycles. The van der Waals surface area contributed by atoms with E-state index in [4.69, 9.17) is 4.42 Å². The van der Waals surface area contributed by atoms with Gasteiger partial charge in [0.15, 0.2) is 0 Å². The number of nitrogens with zero attached hydrogens (tertiary/aromatic N) is 2. The molecule has 3 nitrogen and oxygen atoms in total. The molecule has 11 rings (SSSR count). The number of fused-ring (bicyclic) bond motifs is 10. The lowest BCUT2D eigenvalue weighted by molar-refractivity contribution is 0.666. The Morgan fingerprint density at radius 2 is 1.02 bits per heavy atom. The summed E-state index contributed by atoms with van der Waals surface area (Å²) in [4.78, 5) is 4.80. The summed E-state index contributed by atoms with van der Waals surface area (Å²) in [6, 6.07) is 65.5. The highest BCUT2D eigenvalue weighted by molar-refractivity contribution is 7.26. The second-order valence-corrected chi connectivity index (χ2v) is 16.0. The van der Waals surface area contributed by atoms with Crippen LogP contribution in [0.25, 0.3) is 53.2 Å². The Labute approximate surface area is 323 Å². The maximum Gasteiger partial charge on any atom is 0.136 e. The summed E-state index contributed by atoms with van der Waals surface area (Å²) in [5, 5.41) is 4.85. The molecule has 4 heteroatoms. The molecule has 1 aliphatic rings. The molecule has 0 unspecified atom stereocenters. The van der Waals surface area contributed by atoms with Crippen molar-refractivity contribution in [3.8, 4) is 11.1 Å². The molecule has 0 atom stereocenters. The van der Waals surface area contributed by atoms with E-state index in [2.05, 4.69) is 200 Å². The van der Waals surface area contributed by atoms with E-state index in [0.29, 0.717) is 0 Å². The average Bonchev–Trinajstić information content (AvgIpc) is 3.85. The molecule has 1 aliphatic carbocycles. The molecule has 0 fully saturated rings. The second kappa shape index (κ2) is 12.2. The van der Waals surface area contributed by atoms with E-state index >= 15 is 0 Å². The van der Waals surface area contributed by atoms with Gasteiger partial charge in [0, 0.05) is 60.1 Å². The van der Waals surface area contributed by atoms with Crippen LogP contribution >= 0.6 is 11.3 Å². The van der Waals surface area contributed by atoms with E-state index in [-0.39, 0.29) is 5.41 Å². The van der Waals surface area contributed by atoms with Gasteiger partial charge in [-0.05, 0) is 107 Å². The van der Waals surface area contributed by atoms with Crippen LogP contribution in [0.1, 0.15) is 25.0 Å². The molecule has 10 aromatic rings. The number of hydrogen-bond donors (Lipinski definition) is 0. The number of furan rings is 1. The highest BCUT2D eigenvalue weighted by Crippen LogP contribution is 2.58. The van der Waals surface area contributed by atoms with Crippen LogP contribution in [0.2, 0.25) is 0 Å². The molecule has 2 heterocycles. The van der Waals surface area contributed by atoms with Crippen LogP contribution in [0.5, 0.6) is 0 Å². The van der Waals surface area contributed by atoms with E-state index in [1.165, 1.54) is 48.1 Å². The van der Waals surface area contributed by atoms with Gasteiger partial charge in [-0.3, -0.25) is 0 Å². The molecule has 0 spiro atoms. The van der Waals surface area contributed by atoms with Crippen LogP contribution in [0, 0.1) is 0 Å². The fourth-order valence-corrected chi connectivity index (χ4v) is 10.2. The lowest BCUT2D eigenvalue weighted by atomic mass is 9.80. The number of para-hydroxylation sites is 5. The zero-order chi connectivity index (χ0) is 36.7. The number of anilines is 6. The van der Waals surface area contributed by atoms with Gasteiger partial charge in [0.1, 0.15) is 11.2 Å². The van der Waals surface area contributed by atoms with Crippen molar-refractivity contribution >= 4 is 87.6 Å². The van der Waals surface area contributed by atoms with Crippen LogP contribution in [0.3, 0.4) is 0 Å². The van der Waals surface area contributed by atoms with E-state index in [9.17, 15) is 0 Å². The van der Waals surface area contributed by atoms with Gasteiger partial charge in [0.25, 0.3) is 0 Å². The van der Waals surface area contributed by atoms with Gasteiger partial charge in [-0.1, -0.05) is 111 Å². The first kappa shape index (κ1) is 31.9. The number of rotatable bonds is 6. The van der Waals surface area contributed by atoms with Gasteiger partial charge in [0.05, 0.1) is 10.4 Å². The van der Waals surface area contributed by atoms with Crippen molar-refractivity contribution in [1.82, 2.24) is 0 Å². The van der Waals surface area contributed by atoms with Crippen molar-refractivity contribution in [3.63, 3.8) is 0 Å². The minimum Gasteiger partial charge on any atom is -0.456 e. The zero-order valence-corrected chi connectivity index (χ0v) is 31.3. The summed E-state index contributed by atoms with van der Waals surface area (Å²) in [5.41, 5.74) is 13.6. The van der Waals surface area contributed by atoms with Gasteiger partial charge in [0.2, 0.25) is 0 Å². The SMILES string of the molecule is CC1(C)c2cc(N(c3ccccc3)c3ccccc3)ccc2-c2cc(N(c3ccccc3)c3ccccc3)c3sc4cc5c(cc4c3c21)oc1ccccc15. The molecular formula is C51H36N2OS. The minimum absolute atomic E-state index is 0.294. The number of hydrogen-bond acceptors (Lipinski definition) is 4. The summed E-state index contributed by atoms with van der Waals surface area (Å²) >= 11 is 1.89.